The summed E-state index contributed by atoms with van der Waals surface area (Å²) in [6.45, 7) is 5.51. The van der Waals surface area contributed by atoms with Crippen LogP contribution in [0.4, 0.5) is 5.69 Å². The zero-order valence-electron chi connectivity index (χ0n) is 13.6. The van der Waals surface area contributed by atoms with Crippen molar-refractivity contribution in [3.05, 3.63) is 40.6 Å². The van der Waals surface area contributed by atoms with Crippen molar-refractivity contribution in [2.45, 2.75) is 27.2 Å². The van der Waals surface area contributed by atoms with Crippen molar-refractivity contribution in [2.24, 2.45) is 5.92 Å². The smallest absolute Gasteiger partial charge is 0.336 e. The normalized spacial score (nSPS) is 17.6. The Hall–Kier alpha value is -2.63. The van der Waals surface area contributed by atoms with E-state index < -0.39 is 17.8 Å². The number of hydrogen-bond acceptors (Lipinski definition) is 4. The van der Waals surface area contributed by atoms with Crippen LogP contribution in [-0.4, -0.2) is 24.9 Å². The van der Waals surface area contributed by atoms with E-state index in [1.165, 1.54) is 7.11 Å². The van der Waals surface area contributed by atoms with Gasteiger partial charge in [0.2, 0.25) is 11.8 Å². The van der Waals surface area contributed by atoms with Gasteiger partial charge in [-0.3, -0.25) is 9.59 Å². The fourth-order valence-corrected chi connectivity index (χ4v) is 2.55. The van der Waals surface area contributed by atoms with E-state index in [1.54, 1.807) is 13.0 Å². The summed E-state index contributed by atoms with van der Waals surface area (Å²) in [4.78, 5) is 36.2. The lowest BCUT2D eigenvalue weighted by Crippen LogP contribution is -2.40. The monoisotopic (exact) mass is 316 g/mol. The minimum Gasteiger partial charge on any atom is -0.466 e. The quantitative estimate of drug-likeness (QED) is 0.833. The molecule has 0 aromatic heterocycles. The second-order valence-electron chi connectivity index (χ2n) is 5.62. The Kier molecular flexibility index (Phi) is 4.83. The van der Waals surface area contributed by atoms with Crippen molar-refractivity contribution < 1.29 is 19.1 Å². The van der Waals surface area contributed by atoms with Crippen molar-refractivity contribution in [1.82, 2.24) is 5.32 Å². The molecule has 0 radical (unpaired) electrons. The molecule has 6 heteroatoms. The van der Waals surface area contributed by atoms with E-state index in [-0.39, 0.29) is 17.9 Å². The number of methoxy groups -OCH3 is 1. The van der Waals surface area contributed by atoms with E-state index in [9.17, 15) is 14.4 Å². The van der Waals surface area contributed by atoms with Gasteiger partial charge >= 0.3 is 5.97 Å². The molecule has 1 aliphatic rings. The molecule has 0 bridgehead atoms. The van der Waals surface area contributed by atoms with Gasteiger partial charge < -0.3 is 15.4 Å². The summed E-state index contributed by atoms with van der Waals surface area (Å²) in [6.07, 6.45) is -0.0849. The fraction of sp³-hybridized carbons (Fsp3) is 0.353. The third kappa shape index (κ3) is 3.59. The van der Waals surface area contributed by atoms with Crippen molar-refractivity contribution in [2.75, 3.05) is 12.4 Å². The SMILES string of the molecule is COC(=O)C1=C(C)NC(=O)C[C@H]1C(=O)Nc1ccc(C)c(C)c1. The molecular formula is C17H20N2O4. The molecule has 1 heterocycles. The average Bonchev–Trinajstić information content (AvgIpc) is 2.49. The molecule has 1 atom stereocenters. The Morgan fingerprint density at radius 1 is 1.22 bits per heavy atom. The number of rotatable bonds is 3. The molecule has 0 saturated heterocycles. The second kappa shape index (κ2) is 6.64. The summed E-state index contributed by atoms with van der Waals surface area (Å²) < 4.78 is 4.73. The minimum atomic E-state index is -0.863. The van der Waals surface area contributed by atoms with E-state index >= 15 is 0 Å². The molecule has 0 fully saturated rings. The molecule has 2 rings (SSSR count). The zero-order valence-corrected chi connectivity index (χ0v) is 13.6. The van der Waals surface area contributed by atoms with Gasteiger partial charge in [-0.25, -0.2) is 4.79 Å². The second-order valence-corrected chi connectivity index (χ2v) is 5.62. The molecule has 2 N–H and O–H groups in total. The van der Waals surface area contributed by atoms with Crippen LogP contribution in [0.25, 0.3) is 0 Å². The van der Waals surface area contributed by atoms with Gasteiger partial charge in [0.05, 0.1) is 18.6 Å². The number of anilines is 1. The van der Waals surface area contributed by atoms with Crippen molar-refractivity contribution in [3.8, 4) is 0 Å². The molecular weight excluding hydrogens is 296 g/mol. The van der Waals surface area contributed by atoms with E-state index in [1.807, 2.05) is 26.0 Å². The predicted molar refractivity (Wildman–Crippen MR) is 85.5 cm³/mol. The van der Waals surface area contributed by atoms with Gasteiger partial charge in [-0.2, -0.15) is 0 Å². The maximum absolute atomic E-state index is 12.6. The number of ether oxygens (including phenoxy) is 1. The third-order valence-corrected chi connectivity index (χ3v) is 3.97. The first-order valence-electron chi connectivity index (χ1n) is 7.30. The Labute approximate surface area is 134 Å². The first-order chi connectivity index (χ1) is 10.8. The van der Waals surface area contributed by atoms with Gasteiger partial charge in [0.15, 0.2) is 0 Å². The number of allylic oxidation sites excluding steroid dienone is 1. The highest BCUT2D eigenvalue weighted by Gasteiger charge is 2.36. The van der Waals surface area contributed by atoms with Crippen molar-refractivity contribution >= 4 is 23.5 Å². The van der Waals surface area contributed by atoms with Crippen LogP contribution in [0.5, 0.6) is 0 Å². The number of carbonyl (C=O) groups excluding carboxylic acids is 3. The Morgan fingerprint density at radius 2 is 1.91 bits per heavy atom. The molecule has 1 aliphatic heterocycles. The van der Waals surface area contributed by atoms with E-state index in [0.29, 0.717) is 11.4 Å². The standard InChI is InChI=1S/C17H20N2O4/c1-9-5-6-12(7-10(9)2)19-16(21)13-8-14(20)18-11(3)15(13)17(22)23-4/h5-7,13H,8H2,1-4H3,(H,18,20)(H,19,21)/t13-/m1/s1. The molecule has 122 valence electrons. The Balaban J connectivity index is 2.28. The third-order valence-electron chi connectivity index (χ3n) is 3.97. The molecule has 0 aliphatic carbocycles. The highest BCUT2D eigenvalue weighted by molar-refractivity contribution is 6.06. The van der Waals surface area contributed by atoms with Crippen LogP contribution in [0, 0.1) is 19.8 Å². The lowest BCUT2D eigenvalue weighted by molar-refractivity contribution is -0.139. The lowest BCUT2D eigenvalue weighted by atomic mass is 9.89. The molecule has 6 nitrogen and oxygen atoms in total. The highest BCUT2D eigenvalue weighted by atomic mass is 16.5. The summed E-state index contributed by atoms with van der Waals surface area (Å²) in [5.74, 6) is -2.17. The maximum Gasteiger partial charge on any atom is 0.336 e. The van der Waals surface area contributed by atoms with Crippen molar-refractivity contribution in [1.29, 1.82) is 0 Å². The van der Waals surface area contributed by atoms with Gasteiger partial charge in [0.25, 0.3) is 0 Å². The van der Waals surface area contributed by atoms with E-state index in [4.69, 9.17) is 4.74 Å². The van der Waals surface area contributed by atoms with Crippen LogP contribution in [-0.2, 0) is 19.1 Å². The van der Waals surface area contributed by atoms with E-state index in [2.05, 4.69) is 10.6 Å². The Bertz CT molecular complexity index is 707. The maximum atomic E-state index is 12.6. The van der Waals surface area contributed by atoms with Crippen LogP contribution in [0.3, 0.4) is 0 Å². The van der Waals surface area contributed by atoms with Crippen LogP contribution >= 0.6 is 0 Å². The van der Waals surface area contributed by atoms with Gasteiger partial charge in [-0.05, 0) is 44.0 Å². The molecule has 2 amide bonds. The first-order valence-corrected chi connectivity index (χ1v) is 7.30. The largest absolute Gasteiger partial charge is 0.466 e. The molecule has 0 spiro atoms. The van der Waals surface area contributed by atoms with Gasteiger partial charge in [0, 0.05) is 17.8 Å². The molecule has 23 heavy (non-hydrogen) atoms. The topological polar surface area (TPSA) is 84.5 Å². The van der Waals surface area contributed by atoms with Gasteiger partial charge in [-0.15, -0.1) is 0 Å². The molecule has 0 unspecified atom stereocenters. The van der Waals surface area contributed by atoms with Crippen LogP contribution in [0.1, 0.15) is 24.5 Å². The number of amides is 2. The minimum absolute atomic E-state index is 0.0849. The number of benzene rings is 1. The summed E-state index contributed by atoms with van der Waals surface area (Å²) >= 11 is 0. The first kappa shape index (κ1) is 16.7. The lowest BCUT2D eigenvalue weighted by Gasteiger charge is -2.25. The molecule has 0 saturated carbocycles. The van der Waals surface area contributed by atoms with Crippen LogP contribution < -0.4 is 10.6 Å². The van der Waals surface area contributed by atoms with Gasteiger partial charge in [-0.1, -0.05) is 6.07 Å². The van der Waals surface area contributed by atoms with Crippen LogP contribution in [0.2, 0.25) is 0 Å². The highest BCUT2D eigenvalue weighted by Crippen LogP contribution is 2.26. The summed E-state index contributed by atoms with van der Waals surface area (Å²) in [7, 11) is 1.25. The molecule has 1 aromatic carbocycles. The predicted octanol–water partition coefficient (Wildman–Crippen LogP) is 1.83. The number of nitrogens with one attached hydrogen (secondary N) is 2. The number of carbonyl (C=O) groups is 3. The number of hydrogen-bond donors (Lipinski definition) is 2. The Morgan fingerprint density at radius 3 is 2.52 bits per heavy atom. The van der Waals surface area contributed by atoms with Crippen molar-refractivity contribution in [3.63, 3.8) is 0 Å². The summed E-state index contributed by atoms with van der Waals surface area (Å²) in [5, 5.41) is 5.34. The van der Waals surface area contributed by atoms with Gasteiger partial charge in [0.1, 0.15) is 0 Å². The molecule has 1 aromatic rings. The van der Waals surface area contributed by atoms with E-state index in [0.717, 1.165) is 11.1 Å². The number of aryl methyl sites for hydroxylation is 2. The summed E-state index contributed by atoms with van der Waals surface area (Å²) in [5.41, 5.74) is 3.34. The zero-order chi connectivity index (χ0) is 17.1. The summed E-state index contributed by atoms with van der Waals surface area (Å²) in [6, 6.07) is 5.54. The van der Waals surface area contributed by atoms with Crippen LogP contribution in [0.15, 0.2) is 29.5 Å². The number of esters is 1. The average molecular weight is 316 g/mol. The fourth-order valence-electron chi connectivity index (χ4n) is 2.55.